The lowest BCUT2D eigenvalue weighted by Gasteiger charge is -2.31. The number of carbonyl (C=O) groups is 3. The normalized spacial score (nSPS) is 14.6. The topological polar surface area (TPSA) is 164 Å². The Morgan fingerprint density at radius 2 is 1.72 bits per heavy atom. The fourth-order valence-electron chi connectivity index (χ4n) is 5.51. The van der Waals surface area contributed by atoms with E-state index in [0.29, 0.717) is 48.3 Å². The van der Waals surface area contributed by atoms with Crippen molar-refractivity contribution in [1.29, 1.82) is 0 Å². The molecule has 12 heteroatoms. The number of nitrogens with one attached hydrogen (secondary N) is 4. The zero-order valence-electron chi connectivity index (χ0n) is 24.0. The number of fused-ring (bicyclic) bond motifs is 2. The summed E-state index contributed by atoms with van der Waals surface area (Å²) in [5.74, 6) is -1.05. The van der Waals surface area contributed by atoms with Crippen molar-refractivity contribution >= 4 is 29.2 Å². The highest BCUT2D eigenvalue weighted by molar-refractivity contribution is 5.92. The number of H-pyrrole nitrogens is 2. The van der Waals surface area contributed by atoms with Gasteiger partial charge in [-0.3, -0.25) is 19.0 Å². The first kappa shape index (κ1) is 29.4. The van der Waals surface area contributed by atoms with Gasteiger partial charge in [0.1, 0.15) is 6.54 Å². The molecule has 2 aliphatic carbocycles. The van der Waals surface area contributed by atoms with Crippen LogP contribution in [0.2, 0.25) is 0 Å². The van der Waals surface area contributed by atoms with Crippen LogP contribution < -0.4 is 21.8 Å². The number of amides is 2. The predicted octanol–water partition coefficient (Wildman–Crippen LogP) is 3.59. The van der Waals surface area contributed by atoms with Crippen LogP contribution >= 0.6 is 0 Å². The average molecular weight is 588 g/mol. The number of aryl methyl sites for hydroxylation is 1. The first-order chi connectivity index (χ1) is 20.8. The highest BCUT2D eigenvalue weighted by Gasteiger charge is 2.30. The number of rotatable bonds is 9. The van der Waals surface area contributed by atoms with Gasteiger partial charge in [-0.25, -0.2) is 9.59 Å². The number of allylic oxidation sites excluding steroid dienone is 3. The van der Waals surface area contributed by atoms with E-state index in [0.717, 1.165) is 22.3 Å². The van der Waals surface area contributed by atoms with Crippen LogP contribution in [-0.4, -0.2) is 45.7 Å². The van der Waals surface area contributed by atoms with Gasteiger partial charge in [-0.2, -0.15) is 0 Å². The average Bonchev–Trinajstić information content (AvgIpc) is 3.53. The van der Waals surface area contributed by atoms with Gasteiger partial charge < -0.3 is 30.1 Å². The number of nitrogens with zero attached hydrogens (tertiary/aromatic N) is 1. The van der Waals surface area contributed by atoms with E-state index in [2.05, 4.69) is 20.6 Å². The minimum Gasteiger partial charge on any atom is -0.465 e. The Morgan fingerprint density at radius 1 is 0.977 bits per heavy atom. The fraction of sp³-hybridized carbons (Fsp3) is 0.323. The maximum Gasteiger partial charge on any atom is 0.338 e. The van der Waals surface area contributed by atoms with Crippen molar-refractivity contribution in [1.82, 2.24) is 19.9 Å². The van der Waals surface area contributed by atoms with Crippen molar-refractivity contribution in [2.24, 2.45) is 0 Å². The molecule has 0 bridgehead atoms. The van der Waals surface area contributed by atoms with Gasteiger partial charge in [-0.05, 0) is 86.6 Å². The van der Waals surface area contributed by atoms with Gasteiger partial charge in [0.05, 0.1) is 30.5 Å². The summed E-state index contributed by atoms with van der Waals surface area (Å²) in [6.07, 6.45) is 8.09. The number of ether oxygens (including phenoxy) is 2. The third-order valence-corrected chi connectivity index (χ3v) is 7.47. The smallest absolute Gasteiger partial charge is 0.338 e. The molecule has 0 fully saturated rings. The van der Waals surface area contributed by atoms with E-state index in [1.54, 1.807) is 50.5 Å². The first-order valence-electron chi connectivity index (χ1n) is 14.2. The number of carbonyl (C=O) groups excluding carboxylic acids is 3. The van der Waals surface area contributed by atoms with Crippen LogP contribution in [-0.2, 0) is 27.2 Å². The maximum absolute atomic E-state index is 13.2. The second-order valence-corrected chi connectivity index (χ2v) is 10.2. The number of benzene rings is 1. The van der Waals surface area contributed by atoms with Crippen LogP contribution in [0.1, 0.15) is 66.5 Å². The molecule has 2 heterocycles. The number of urea groups is 1. The summed E-state index contributed by atoms with van der Waals surface area (Å²) in [7, 11) is 0. The maximum atomic E-state index is 13.2. The molecule has 1 aromatic carbocycles. The lowest BCUT2D eigenvalue weighted by molar-refractivity contribution is -0.143. The number of aromatic amines is 2. The van der Waals surface area contributed by atoms with Crippen LogP contribution in [0, 0.1) is 0 Å². The SMILES string of the molecule is CCOC(=O)Cn1c2c([nH]c(=O)c1=O)CCC1=C2C=C(C(NC(=O)Nc2ccc(C(=O)OCC)cc2)c2cc[nH]c2)CC1. The predicted molar refractivity (Wildman–Crippen MR) is 159 cm³/mol. The number of aromatic nitrogens is 3. The largest absolute Gasteiger partial charge is 0.465 e. The molecule has 43 heavy (non-hydrogen) atoms. The molecule has 5 rings (SSSR count). The van der Waals surface area contributed by atoms with Crippen molar-refractivity contribution in [2.75, 3.05) is 18.5 Å². The van der Waals surface area contributed by atoms with E-state index in [9.17, 15) is 24.0 Å². The van der Waals surface area contributed by atoms with Gasteiger partial charge in [0.2, 0.25) is 0 Å². The number of esters is 2. The van der Waals surface area contributed by atoms with Crippen molar-refractivity contribution in [3.63, 3.8) is 0 Å². The molecule has 0 aliphatic heterocycles. The van der Waals surface area contributed by atoms with Crippen molar-refractivity contribution in [3.05, 3.63) is 103 Å². The van der Waals surface area contributed by atoms with Crippen LogP contribution in [0.4, 0.5) is 10.5 Å². The Hall–Kier alpha value is -5.13. The fourth-order valence-corrected chi connectivity index (χ4v) is 5.51. The summed E-state index contributed by atoms with van der Waals surface area (Å²) in [6.45, 7) is 3.44. The minimum atomic E-state index is -0.824. The van der Waals surface area contributed by atoms with Crippen LogP contribution in [0.3, 0.4) is 0 Å². The lowest BCUT2D eigenvalue weighted by atomic mass is 9.80. The summed E-state index contributed by atoms with van der Waals surface area (Å²) in [4.78, 5) is 68.7. The van der Waals surface area contributed by atoms with Gasteiger partial charge >= 0.3 is 29.1 Å². The Morgan fingerprint density at radius 3 is 2.42 bits per heavy atom. The second-order valence-electron chi connectivity index (χ2n) is 10.2. The van der Waals surface area contributed by atoms with Gasteiger partial charge in [-0.15, -0.1) is 0 Å². The highest BCUT2D eigenvalue weighted by atomic mass is 16.5. The molecule has 0 spiro atoms. The van der Waals surface area contributed by atoms with Crippen LogP contribution in [0.25, 0.3) is 5.57 Å². The van der Waals surface area contributed by atoms with Crippen LogP contribution in [0.5, 0.6) is 0 Å². The molecule has 2 aliphatic rings. The second kappa shape index (κ2) is 12.8. The van der Waals surface area contributed by atoms with Gasteiger partial charge in [0.25, 0.3) is 0 Å². The van der Waals surface area contributed by atoms with Gasteiger partial charge in [0, 0.05) is 23.8 Å². The zero-order valence-corrected chi connectivity index (χ0v) is 24.0. The first-order valence-corrected chi connectivity index (χ1v) is 14.2. The number of hydrogen-bond donors (Lipinski definition) is 4. The van der Waals surface area contributed by atoms with Gasteiger partial charge in [0.15, 0.2) is 0 Å². The Kier molecular flexibility index (Phi) is 8.74. The summed E-state index contributed by atoms with van der Waals surface area (Å²) >= 11 is 0. The zero-order chi connectivity index (χ0) is 30.5. The Bertz CT molecular complexity index is 1710. The molecule has 4 N–H and O–H groups in total. The third-order valence-electron chi connectivity index (χ3n) is 7.47. The molecule has 0 radical (unpaired) electrons. The van der Waals surface area contributed by atoms with Crippen molar-refractivity contribution < 1.29 is 23.9 Å². The van der Waals surface area contributed by atoms with E-state index in [-0.39, 0.29) is 19.8 Å². The number of anilines is 1. The molecule has 12 nitrogen and oxygen atoms in total. The summed E-state index contributed by atoms with van der Waals surface area (Å²) in [6, 6.07) is 7.30. The van der Waals surface area contributed by atoms with E-state index < -0.39 is 35.1 Å². The summed E-state index contributed by atoms with van der Waals surface area (Å²) in [5, 5.41) is 5.86. The minimum absolute atomic E-state index is 0.151. The molecule has 224 valence electrons. The Balaban J connectivity index is 1.45. The van der Waals surface area contributed by atoms with Crippen molar-refractivity contribution in [3.8, 4) is 0 Å². The summed E-state index contributed by atoms with van der Waals surface area (Å²) in [5.41, 5.74) is 3.93. The van der Waals surface area contributed by atoms with E-state index in [4.69, 9.17) is 9.47 Å². The molecule has 2 amide bonds. The Labute approximate surface area is 246 Å². The summed E-state index contributed by atoms with van der Waals surface area (Å²) < 4.78 is 11.3. The molecular formula is C31H33N5O7. The molecule has 2 aromatic heterocycles. The van der Waals surface area contributed by atoms with Crippen LogP contribution in [0.15, 0.2) is 69.5 Å². The molecule has 1 unspecified atom stereocenters. The van der Waals surface area contributed by atoms with Gasteiger partial charge in [-0.1, -0.05) is 11.6 Å². The number of hydrogen-bond acceptors (Lipinski definition) is 7. The molecule has 3 aromatic rings. The molecule has 1 atom stereocenters. The third kappa shape index (κ3) is 6.37. The molecule has 0 saturated heterocycles. The quantitative estimate of drug-likeness (QED) is 0.219. The van der Waals surface area contributed by atoms with E-state index in [1.165, 1.54) is 4.57 Å². The van der Waals surface area contributed by atoms with E-state index in [1.807, 2.05) is 12.1 Å². The van der Waals surface area contributed by atoms with E-state index >= 15 is 0 Å². The molecule has 0 saturated carbocycles. The van der Waals surface area contributed by atoms with Crippen molar-refractivity contribution in [2.45, 2.75) is 52.1 Å². The lowest BCUT2D eigenvalue weighted by Crippen LogP contribution is -2.42. The molecular weight excluding hydrogens is 554 g/mol. The standard InChI is InChI=1S/C31H33N5O7/c1-3-42-25(37)17-36-27-23-15-20(6-5-18(23)9-12-24(27)34-28(38)29(36)39)26(21-13-14-32-16-21)35-31(41)33-22-10-7-19(8-11-22)30(40)43-4-2/h7-8,10-11,13-16,26,32H,3-6,9,12,17H2,1-2H3,(H,34,38)(H2,33,35,41). The monoisotopic (exact) mass is 587 g/mol. The highest BCUT2D eigenvalue weighted by Crippen LogP contribution is 2.41.